The smallest absolute Gasteiger partial charge is 0.261 e. The molecule has 1 N–H and O–H groups in total. The van der Waals surface area contributed by atoms with Gasteiger partial charge in [0.25, 0.3) is 5.91 Å². The highest BCUT2D eigenvalue weighted by Gasteiger charge is 2.10. The zero-order valence-electron chi connectivity index (χ0n) is 12.2. The highest BCUT2D eigenvalue weighted by molar-refractivity contribution is 7.14. The number of rotatable bonds is 4. The molecule has 2 rings (SSSR count). The molecule has 0 saturated heterocycles. The molecule has 0 radical (unpaired) electrons. The van der Waals surface area contributed by atoms with Gasteiger partial charge in [-0.3, -0.25) is 4.79 Å². The molecular weight excluding hydrogens is 270 g/mol. The van der Waals surface area contributed by atoms with E-state index in [0.717, 1.165) is 16.3 Å². The zero-order chi connectivity index (χ0) is 14.7. The molecule has 0 fully saturated rings. The molecule has 5 heteroatoms. The number of nitrogens with one attached hydrogen (secondary N) is 1. The number of amides is 1. The van der Waals surface area contributed by atoms with Gasteiger partial charge in [-0.15, -0.1) is 11.3 Å². The number of pyridine rings is 1. The lowest BCUT2D eigenvalue weighted by Crippen LogP contribution is -2.22. The molecule has 0 aromatic carbocycles. The third kappa shape index (κ3) is 3.36. The third-order valence-corrected chi connectivity index (χ3v) is 4.26. The van der Waals surface area contributed by atoms with Crippen LogP contribution in [-0.2, 0) is 6.54 Å². The first-order valence-corrected chi connectivity index (χ1v) is 7.26. The van der Waals surface area contributed by atoms with Crippen LogP contribution < -0.4 is 10.2 Å². The van der Waals surface area contributed by atoms with Crippen molar-refractivity contribution in [2.75, 3.05) is 19.0 Å². The average Bonchev–Trinajstić information content (AvgIpc) is 2.76. The zero-order valence-corrected chi connectivity index (χ0v) is 13.0. The van der Waals surface area contributed by atoms with Crippen LogP contribution >= 0.6 is 11.3 Å². The van der Waals surface area contributed by atoms with E-state index in [-0.39, 0.29) is 5.91 Å². The number of nitrogens with zero attached hydrogens (tertiary/aromatic N) is 2. The molecule has 0 atom stereocenters. The van der Waals surface area contributed by atoms with Crippen LogP contribution in [0.1, 0.15) is 25.7 Å². The van der Waals surface area contributed by atoms with Crippen LogP contribution in [0.3, 0.4) is 0 Å². The van der Waals surface area contributed by atoms with Gasteiger partial charge in [0.2, 0.25) is 0 Å². The second-order valence-corrected chi connectivity index (χ2v) is 6.21. The maximum atomic E-state index is 12.1. The molecule has 20 heavy (non-hydrogen) atoms. The summed E-state index contributed by atoms with van der Waals surface area (Å²) in [7, 11) is 3.89. The fourth-order valence-electron chi connectivity index (χ4n) is 1.77. The summed E-state index contributed by atoms with van der Waals surface area (Å²) in [6.07, 6.45) is 1.76. The molecule has 1 amide bonds. The summed E-state index contributed by atoms with van der Waals surface area (Å²) in [6.45, 7) is 4.57. The molecule has 0 unspecified atom stereocenters. The summed E-state index contributed by atoms with van der Waals surface area (Å²) in [4.78, 5) is 20.2. The second kappa shape index (κ2) is 6.05. The lowest BCUT2D eigenvalue weighted by atomic mass is 10.2. The van der Waals surface area contributed by atoms with Crippen molar-refractivity contribution < 1.29 is 4.79 Å². The summed E-state index contributed by atoms with van der Waals surface area (Å²) in [5.74, 6) is 0.869. The van der Waals surface area contributed by atoms with Crippen molar-refractivity contribution >= 4 is 23.1 Å². The van der Waals surface area contributed by atoms with E-state index in [2.05, 4.69) is 10.3 Å². The summed E-state index contributed by atoms with van der Waals surface area (Å²) in [6, 6.07) is 5.83. The number of carbonyl (C=O) groups excluding carboxylic acids is 1. The molecule has 0 aliphatic rings. The van der Waals surface area contributed by atoms with Crippen LogP contribution in [0.25, 0.3) is 0 Å². The fourth-order valence-corrected chi connectivity index (χ4v) is 2.72. The highest BCUT2D eigenvalue weighted by atomic mass is 32.1. The van der Waals surface area contributed by atoms with Crippen molar-refractivity contribution in [2.45, 2.75) is 20.4 Å². The summed E-state index contributed by atoms with van der Waals surface area (Å²) in [5, 5.41) is 2.95. The molecular formula is C15H19N3OS. The first-order valence-electron chi connectivity index (χ1n) is 6.45. The van der Waals surface area contributed by atoms with Gasteiger partial charge in [-0.2, -0.15) is 0 Å². The van der Waals surface area contributed by atoms with Crippen molar-refractivity contribution in [3.63, 3.8) is 0 Å². The van der Waals surface area contributed by atoms with E-state index >= 15 is 0 Å². The largest absolute Gasteiger partial charge is 0.363 e. The lowest BCUT2D eigenvalue weighted by molar-refractivity contribution is 0.0955. The average molecular weight is 289 g/mol. The molecule has 2 heterocycles. The summed E-state index contributed by atoms with van der Waals surface area (Å²) >= 11 is 1.53. The highest BCUT2D eigenvalue weighted by Crippen LogP contribution is 2.20. The Kier molecular flexibility index (Phi) is 4.39. The Bertz CT molecular complexity index is 600. The van der Waals surface area contributed by atoms with E-state index in [0.29, 0.717) is 6.54 Å². The van der Waals surface area contributed by atoms with Gasteiger partial charge >= 0.3 is 0 Å². The van der Waals surface area contributed by atoms with E-state index in [1.807, 2.05) is 51.0 Å². The normalized spacial score (nSPS) is 10.4. The van der Waals surface area contributed by atoms with Crippen LogP contribution in [0, 0.1) is 13.8 Å². The lowest BCUT2D eigenvalue weighted by Gasteiger charge is -2.12. The quantitative estimate of drug-likeness (QED) is 0.941. The minimum atomic E-state index is -0.0191. The fraction of sp³-hybridized carbons (Fsp3) is 0.333. The van der Waals surface area contributed by atoms with Crippen LogP contribution in [0.15, 0.2) is 24.4 Å². The predicted molar refractivity (Wildman–Crippen MR) is 83.5 cm³/mol. The van der Waals surface area contributed by atoms with Crippen molar-refractivity contribution in [1.82, 2.24) is 10.3 Å². The van der Waals surface area contributed by atoms with E-state index in [9.17, 15) is 4.79 Å². The number of thiophene rings is 1. The molecule has 106 valence electrons. The van der Waals surface area contributed by atoms with Crippen LogP contribution in [0.2, 0.25) is 0 Å². The van der Waals surface area contributed by atoms with E-state index in [1.165, 1.54) is 21.8 Å². The Balaban J connectivity index is 2.01. The molecule has 0 aliphatic heterocycles. The predicted octanol–water partition coefficient (Wildman–Crippen LogP) is 2.76. The number of aryl methyl sites for hydroxylation is 2. The van der Waals surface area contributed by atoms with Gasteiger partial charge < -0.3 is 10.2 Å². The van der Waals surface area contributed by atoms with E-state index in [4.69, 9.17) is 0 Å². The van der Waals surface area contributed by atoms with Crippen molar-refractivity contribution in [3.05, 3.63) is 45.3 Å². The summed E-state index contributed by atoms with van der Waals surface area (Å²) in [5.41, 5.74) is 2.21. The number of hydrogen-bond acceptors (Lipinski definition) is 4. The Morgan fingerprint density at radius 1 is 1.35 bits per heavy atom. The monoisotopic (exact) mass is 289 g/mol. The number of anilines is 1. The maximum absolute atomic E-state index is 12.1. The van der Waals surface area contributed by atoms with Crippen molar-refractivity contribution in [3.8, 4) is 0 Å². The van der Waals surface area contributed by atoms with Crippen LogP contribution in [-0.4, -0.2) is 25.0 Å². The van der Waals surface area contributed by atoms with Gasteiger partial charge in [-0.1, -0.05) is 0 Å². The van der Waals surface area contributed by atoms with Crippen molar-refractivity contribution in [1.29, 1.82) is 0 Å². The molecule has 0 bridgehead atoms. The first kappa shape index (κ1) is 14.5. The SMILES string of the molecule is Cc1cc(C(=O)NCc2ccnc(N(C)C)c2)sc1C. The Hall–Kier alpha value is -1.88. The van der Waals surface area contributed by atoms with Gasteiger partial charge in [0.1, 0.15) is 5.82 Å². The number of aromatic nitrogens is 1. The molecule has 0 aliphatic carbocycles. The van der Waals surface area contributed by atoms with Crippen LogP contribution in [0.4, 0.5) is 5.82 Å². The van der Waals surface area contributed by atoms with E-state index in [1.54, 1.807) is 6.20 Å². The molecule has 0 saturated carbocycles. The Labute approximate surface area is 123 Å². The Morgan fingerprint density at radius 2 is 2.10 bits per heavy atom. The van der Waals surface area contributed by atoms with Crippen molar-refractivity contribution in [2.24, 2.45) is 0 Å². The first-order chi connectivity index (χ1) is 9.47. The van der Waals surface area contributed by atoms with Gasteiger partial charge in [0, 0.05) is 31.7 Å². The Morgan fingerprint density at radius 3 is 2.70 bits per heavy atom. The molecule has 0 spiro atoms. The third-order valence-electron chi connectivity index (χ3n) is 3.11. The second-order valence-electron chi connectivity index (χ2n) is 4.95. The van der Waals surface area contributed by atoms with E-state index < -0.39 is 0 Å². The molecule has 4 nitrogen and oxygen atoms in total. The molecule has 2 aromatic heterocycles. The minimum absolute atomic E-state index is 0.0191. The number of carbonyl (C=O) groups is 1. The van der Waals surface area contributed by atoms with Crippen LogP contribution in [0.5, 0.6) is 0 Å². The van der Waals surface area contributed by atoms with Gasteiger partial charge in [-0.05, 0) is 43.2 Å². The maximum Gasteiger partial charge on any atom is 0.261 e. The standard InChI is InChI=1S/C15H19N3OS/c1-10-7-13(20-11(10)2)15(19)17-9-12-5-6-16-14(8-12)18(3)4/h5-8H,9H2,1-4H3,(H,17,19). The minimum Gasteiger partial charge on any atom is -0.363 e. The molecule has 2 aromatic rings. The summed E-state index contributed by atoms with van der Waals surface area (Å²) < 4.78 is 0. The van der Waals surface area contributed by atoms with Gasteiger partial charge in [0.05, 0.1) is 4.88 Å². The van der Waals surface area contributed by atoms with Gasteiger partial charge in [-0.25, -0.2) is 4.98 Å². The topological polar surface area (TPSA) is 45.2 Å². The van der Waals surface area contributed by atoms with Gasteiger partial charge in [0.15, 0.2) is 0 Å². The number of hydrogen-bond donors (Lipinski definition) is 1.